The molecule has 0 unspecified atom stereocenters. The summed E-state index contributed by atoms with van der Waals surface area (Å²) in [7, 11) is 0. The first-order valence-electron chi connectivity index (χ1n) is 6.88. The van der Waals surface area contributed by atoms with Gasteiger partial charge in [0.05, 0.1) is 5.56 Å². The Morgan fingerprint density at radius 1 is 1.43 bits per heavy atom. The molecule has 0 bridgehead atoms. The van der Waals surface area contributed by atoms with Crippen LogP contribution in [0.15, 0.2) is 12.1 Å². The third kappa shape index (κ3) is 4.34. The molecule has 1 saturated carbocycles. The molecule has 1 aromatic rings. The Morgan fingerprint density at radius 3 is 2.57 bits per heavy atom. The van der Waals surface area contributed by atoms with Crippen molar-refractivity contribution in [2.75, 3.05) is 11.4 Å². The Bertz CT molecular complexity index is 527. The zero-order chi connectivity index (χ0) is 15.6. The molecule has 1 fully saturated rings. The number of hydrogen-bond donors (Lipinski definition) is 1. The van der Waals surface area contributed by atoms with E-state index in [1.54, 1.807) is 0 Å². The minimum atomic E-state index is -4.34. The molecule has 1 aliphatic rings. The fourth-order valence-electron chi connectivity index (χ4n) is 2.20. The Balaban J connectivity index is 2.36. The fourth-order valence-corrected chi connectivity index (χ4v) is 2.20. The van der Waals surface area contributed by atoms with Crippen LogP contribution < -0.4 is 4.90 Å². The molecule has 0 aliphatic heterocycles. The number of anilines is 1. The zero-order valence-corrected chi connectivity index (χ0v) is 11.7. The summed E-state index contributed by atoms with van der Waals surface area (Å²) >= 11 is 0. The lowest BCUT2D eigenvalue weighted by molar-refractivity contribution is -0.120. The van der Waals surface area contributed by atoms with Crippen LogP contribution in [0.3, 0.4) is 0 Å². The van der Waals surface area contributed by atoms with E-state index in [9.17, 15) is 18.0 Å². The van der Waals surface area contributed by atoms with E-state index < -0.39 is 18.7 Å². The van der Waals surface area contributed by atoms with Gasteiger partial charge >= 0.3 is 12.1 Å². The standard InChI is InChI=1S/C14H17F3N2O2/c1-2-3-10-6-9(13(20)21)7-12(18-10)19(11-4-5-11)8-14(15,16)17/h6-7,11H,2-5,8H2,1H3,(H,20,21). The highest BCUT2D eigenvalue weighted by atomic mass is 19.4. The number of hydrogen-bond acceptors (Lipinski definition) is 3. The molecule has 1 aliphatic carbocycles. The Kier molecular flexibility index (Phi) is 4.39. The minimum Gasteiger partial charge on any atom is -0.478 e. The summed E-state index contributed by atoms with van der Waals surface area (Å²) in [5.41, 5.74) is 0.497. The first-order chi connectivity index (χ1) is 9.80. The lowest BCUT2D eigenvalue weighted by Gasteiger charge is -2.25. The minimum absolute atomic E-state index is 0.0173. The van der Waals surface area contributed by atoms with Crippen molar-refractivity contribution in [3.63, 3.8) is 0 Å². The van der Waals surface area contributed by atoms with Crippen LogP contribution in [-0.4, -0.2) is 34.8 Å². The average molecular weight is 302 g/mol. The highest BCUT2D eigenvalue weighted by molar-refractivity contribution is 5.88. The van der Waals surface area contributed by atoms with Crippen molar-refractivity contribution in [2.45, 2.75) is 44.8 Å². The number of halogens is 3. The van der Waals surface area contributed by atoms with Gasteiger partial charge in [-0.2, -0.15) is 13.2 Å². The molecule has 0 aromatic carbocycles. The van der Waals surface area contributed by atoms with Gasteiger partial charge in [-0.15, -0.1) is 0 Å². The lowest BCUT2D eigenvalue weighted by atomic mass is 10.1. The molecule has 1 heterocycles. The number of alkyl halides is 3. The van der Waals surface area contributed by atoms with Crippen molar-refractivity contribution in [1.29, 1.82) is 0 Å². The van der Waals surface area contributed by atoms with Crippen molar-refractivity contribution in [1.82, 2.24) is 4.98 Å². The molecular formula is C14H17F3N2O2. The van der Waals surface area contributed by atoms with E-state index in [0.29, 0.717) is 25.0 Å². The summed E-state index contributed by atoms with van der Waals surface area (Å²) in [6, 6.07) is 2.46. The smallest absolute Gasteiger partial charge is 0.405 e. The molecule has 0 saturated heterocycles. The molecular weight excluding hydrogens is 285 g/mol. The number of pyridine rings is 1. The van der Waals surface area contributed by atoms with Crippen LogP contribution in [-0.2, 0) is 6.42 Å². The van der Waals surface area contributed by atoms with Crippen LogP contribution in [0.25, 0.3) is 0 Å². The Labute approximate surface area is 120 Å². The number of carboxylic acids is 1. The predicted octanol–water partition coefficient (Wildman–Crippen LogP) is 3.26. The molecule has 0 spiro atoms. The van der Waals surface area contributed by atoms with E-state index in [1.165, 1.54) is 17.0 Å². The maximum Gasteiger partial charge on any atom is 0.405 e. The van der Waals surface area contributed by atoms with E-state index in [1.807, 2.05) is 6.92 Å². The molecule has 7 heteroatoms. The number of aromatic carboxylic acids is 1. The van der Waals surface area contributed by atoms with Gasteiger partial charge < -0.3 is 10.0 Å². The van der Waals surface area contributed by atoms with Gasteiger partial charge in [-0.25, -0.2) is 9.78 Å². The summed E-state index contributed by atoms with van der Waals surface area (Å²) in [5, 5.41) is 9.10. The van der Waals surface area contributed by atoms with Crippen LogP contribution in [0.4, 0.5) is 19.0 Å². The van der Waals surface area contributed by atoms with E-state index in [2.05, 4.69) is 4.98 Å². The maximum atomic E-state index is 12.7. The highest BCUT2D eigenvalue weighted by Crippen LogP contribution is 2.34. The molecule has 0 amide bonds. The van der Waals surface area contributed by atoms with Crippen LogP contribution in [0.2, 0.25) is 0 Å². The summed E-state index contributed by atoms with van der Waals surface area (Å²) in [6.45, 7) is 0.808. The molecule has 21 heavy (non-hydrogen) atoms. The van der Waals surface area contributed by atoms with Crippen LogP contribution >= 0.6 is 0 Å². The monoisotopic (exact) mass is 302 g/mol. The highest BCUT2D eigenvalue weighted by Gasteiger charge is 2.39. The first-order valence-corrected chi connectivity index (χ1v) is 6.88. The number of aromatic nitrogens is 1. The van der Waals surface area contributed by atoms with Gasteiger partial charge in [-0.3, -0.25) is 0 Å². The molecule has 116 valence electrons. The van der Waals surface area contributed by atoms with Crippen LogP contribution in [0, 0.1) is 0 Å². The topological polar surface area (TPSA) is 53.4 Å². The van der Waals surface area contributed by atoms with E-state index in [-0.39, 0.29) is 17.4 Å². The van der Waals surface area contributed by atoms with Crippen molar-refractivity contribution in [3.8, 4) is 0 Å². The molecule has 1 N–H and O–H groups in total. The number of aryl methyl sites for hydroxylation is 1. The van der Waals surface area contributed by atoms with E-state index in [4.69, 9.17) is 5.11 Å². The second kappa shape index (κ2) is 5.91. The molecule has 4 nitrogen and oxygen atoms in total. The largest absolute Gasteiger partial charge is 0.478 e. The normalized spacial score (nSPS) is 15.0. The SMILES string of the molecule is CCCc1cc(C(=O)O)cc(N(CC(F)(F)F)C2CC2)n1. The van der Waals surface area contributed by atoms with Crippen LogP contribution in [0.5, 0.6) is 0 Å². The number of rotatable bonds is 6. The van der Waals surface area contributed by atoms with E-state index in [0.717, 1.165) is 6.42 Å². The van der Waals surface area contributed by atoms with Gasteiger partial charge in [0.2, 0.25) is 0 Å². The van der Waals surface area contributed by atoms with Crippen molar-refractivity contribution < 1.29 is 23.1 Å². The van der Waals surface area contributed by atoms with E-state index >= 15 is 0 Å². The molecule has 2 rings (SSSR count). The van der Waals surface area contributed by atoms with Gasteiger partial charge in [-0.1, -0.05) is 13.3 Å². The fraction of sp³-hybridized carbons (Fsp3) is 0.571. The summed E-state index contributed by atoms with van der Waals surface area (Å²) in [4.78, 5) is 16.5. The maximum absolute atomic E-state index is 12.7. The first kappa shape index (κ1) is 15.6. The van der Waals surface area contributed by atoms with Gasteiger partial charge in [0.1, 0.15) is 12.4 Å². The second-order valence-electron chi connectivity index (χ2n) is 5.23. The zero-order valence-electron chi connectivity index (χ0n) is 11.7. The van der Waals surface area contributed by atoms with Gasteiger partial charge in [0.25, 0.3) is 0 Å². The molecule has 0 radical (unpaired) electrons. The average Bonchev–Trinajstić information content (AvgIpc) is 3.19. The number of nitrogens with zero attached hydrogens (tertiary/aromatic N) is 2. The van der Waals surface area contributed by atoms with Gasteiger partial charge in [0.15, 0.2) is 0 Å². The number of carbonyl (C=O) groups is 1. The Morgan fingerprint density at radius 2 is 2.10 bits per heavy atom. The van der Waals surface area contributed by atoms with Gasteiger partial charge in [-0.05, 0) is 31.4 Å². The lowest BCUT2D eigenvalue weighted by Crippen LogP contribution is -2.36. The number of carboxylic acid groups (broad SMARTS) is 1. The third-order valence-electron chi connectivity index (χ3n) is 3.25. The van der Waals surface area contributed by atoms with Crippen molar-refractivity contribution >= 4 is 11.8 Å². The molecule has 1 aromatic heterocycles. The molecule has 0 atom stereocenters. The quantitative estimate of drug-likeness (QED) is 0.876. The Hall–Kier alpha value is -1.79. The van der Waals surface area contributed by atoms with Crippen molar-refractivity contribution in [3.05, 3.63) is 23.4 Å². The van der Waals surface area contributed by atoms with Crippen LogP contribution in [0.1, 0.15) is 42.2 Å². The second-order valence-corrected chi connectivity index (χ2v) is 5.23. The predicted molar refractivity (Wildman–Crippen MR) is 71.6 cm³/mol. The van der Waals surface area contributed by atoms with Crippen molar-refractivity contribution in [2.24, 2.45) is 0 Å². The van der Waals surface area contributed by atoms with Gasteiger partial charge in [0, 0.05) is 11.7 Å². The third-order valence-corrected chi connectivity index (χ3v) is 3.25. The summed E-state index contributed by atoms with van der Waals surface area (Å²) in [5.74, 6) is -1.04. The summed E-state index contributed by atoms with van der Waals surface area (Å²) < 4.78 is 38.1. The summed E-state index contributed by atoms with van der Waals surface area (Å²) in [6.07, 6.45) is -1.69.